The Hall–Kier alpha value is -1.07. The van der Waals surface area contributed by atoms with Gasteiger partial charge >= 0.3 is 0 Å². The molecule has 21 heavy (non-hydrogen) atoms. The highest BCUT2D eigenvalue weighted by atomic mass is 35.5. The summed E-state index contributed by atoms with van der Waals surface area (Å²) in [6.45, 7) is 9.58. The van der Waals surface area contributed by atoms with Crippen LogP contribution >= 0.6 is 11.6 Å². The molecule has 1 fully saturated rings. The third-order valence-corrected chi connectivity index (χ3v) is 4.15. The number of aromatic nitrogens is 2. The minimum Gasteiger partial charge on any atom is -0.367 e. The average molecular weight is 313 g/mol. The third kappa shape index (κ3) is 3.98. The quantitative estimate of drug-likeness (QED) is 0.874. The molecule has 2 heterocycles. The maximum Gasteiger partial charge on any atom is 0.287 e. The van der Waals surface area contributed by atoms with E-state index < -0.39 is 0 Å². The summed E-state index contributed by atoms with van der Waals surface area (Å²) in [6, 6.07) is 0.466. The third-order valence-electron chi connectivity index (χ3n) is 3.80. The molecule has 0 aliphatic carbocycles. The van der Waals surface area contributed by atoms with E-state index in [-0.39, 0.29) is 10.6 Å². The standard InChI is InChI=1S/C15H25ClN4O/c1-4-20-15(21)14(16)13(8-18-20)19(9-11(2)3)10-12-6-5-7-17-12/h8,11-12,17H,4-7,9-10H2,1-3H3. The van der Waals surface area contributed by atoms with E-state index in [4.69, 9.17) is 11.6 Å². The van der Waals surface area contributed by atoms with Crippen molar-refractivity contribution in [2.75, 3.05) is 24.5 Å². The Labute approximate surface area is 131 Å². The van der Waals surface area contributed by atoms with Crippen LogP contribution in [0.15, 0.2) is 11.0 Å². The fraction of sp³-hybridized carbons (Fsp3) is 0.733. The molecule has 1 aliphatic heterocycles. The van der Waals surface area contributed by atoms with Crippen molar-refractivity contribution >= 4 is 17.3 Å². The molecule has 1 atom stereocenters. The molecular weight excluding hydrogens is 288 g/mol. The fourth-order valence-electron chi connectivity index (χ4n) is 2.79. The van der Waals surface area contributed by atoms with Gasteiger partial charge in [-0.15, -0.1) is 0 Å². The van der Waals surface area contributed by atoms with Gasteiger partial charge in [-0.1, -0.05) is 25.4 Å². The van der Waals surface area contributed by atoms with Crippen LogP contribution in [0.25, 0.3) is 0 Å². The Morgan fingerprint density at radius 1 is 1.57 bits per heavy atom. The molecule has 1 N–H and O–H groups in total. The summed E-state index contributed by atoms with van der Waals surface area (Å²) in [6.07, 6.45) is 4.11. The second-order valence-electron chi connectivity index (χ2n) is 6.06. The number of aryl methyl sites for hydroxylation is 1. The largest absolute Gasteiger partial charge is 0.367 e. The molecule has 5 nitrogen and oxygen atoms in total. The number of rotatable bonds is 6. The van der Waals surface area contributed by atoms with Crippen LogP contribution in [0.1, 0.15) is 33.6 Å². The summed E-state index contributed by atoms with van der Waals surface area (Å²) in [5, 5.41) is 8.00. The van der Waals surface area contributed by atoms with Gasteiger partial charge in [0.05, 0.1) is 11.9 Å². The first-order chi connectivity index (χ1) is 10.0. The summed E-state index contributed by atoms with van der Waals surface area (Å²) in [4.78, 5) is 14.4. The highest BCUT2D eigenvalue weighted by Gasteiger charge is 2.22. The van der Waals surface area contributed by atoms with E-state index in [2.05, 4.69) is 29.2 Å². The van der Waals surface area contributed by atoms with Crippen molar-refractivity contribution in [1.29, 1.82) is 0 Å². The van der Waals surface area contributed by atoms with Crippen LogP contribution in [-0.2, 0) is 6.54 Å². The van der Waals surface area contributed by atoms with Gasteiger partial charge in [0.15, 0.2) is 0 Å². The second-order valence-corrected chi connectivity index (χ2v) is 6.43. The summed E-state index contributed by atoms with van der Waals surface area (Å²) < 4.78 is 1.40. The van der Waals surface area contributed by atoms with E-state index in [1.165, 1.54) is 17.5 Å². The van der Waals surface area contributed by atoms with Crippen LogP contribution in [0, 0.1) is 5.92 Å². The molecule has 0 spiro atoms. The van der Waals surface area contributed by atoms with Crippen molar-refractivity contribution in [3.8, 4) is 0 Å². The zero-order chi connectivity index (χ0) is 15.4. The molecule has 0 bridgehead atoms. The smallest absolute Gasteiger partial charge is 0.287 e. The maximum absolute atomic E-state index is 12.2. The number of anilines is 1. The molecule has 0 aromatic carbocycles. The zero-order valence-electron chi connectivity index (χ0n) is 13.1. The molecule has 6 heteroatoms. The van der Waals surface area contributed by atoms with E-state index in [9.17, 15) is 4.79 Å². The Kier molecular flexibility index (Phi) is 5.65. The number of halogens is 1. The van der Waals surface area contributed by atoms with Gasteiger partial charge in [0.25, 0.3) is 5.56 Å². The predicted octanol–water partition coefficient (Wildman–Crippen LogP) is 2.13. The molecule has 0 amide bonds. The van der Waals surface area contributed by atoms with E-state index in [1.807, 2.05) is 6.92 Å². The molecule has 1 saturated heterocycles. The van der Waals surface area contributed by atoms with Crippen LogP contribution in [0.3, 0.4) is 0 Å². The first kappa shape index (κ1) is 16.3. The zero-order valence-corrected chi connectivity index (χ0v) is 13.9. The van der Waals surface area contributed by atoms with Crippen molar-refractivity contribution in [2.45, 2.75) is 46.2 Å². The highest BCUT2D eigenvalue weighted by molar-refractivity contribution is 6.33. The molecule has 0 radical (unpaired) electrons. The van der Waals surface area contributed by atoms with Gasteiger partial charge in [0.1, 0.15) is 5.02 Å². The van der Waals surface area contributed by atoms with Crippen LogP contribution in [0.5, 0.6) is 0 Å². The van der Waals surface area contributed by atoms with Crippen LogP contribution in [-0.4, -0.2) is 35.5 Å². The number of hydrogen-bond donors (Lipinski definition) is 1. The van der Waals surface area contributed by atoms with Gasteiger partial charge in [-0.25, -0.2) is 4.68 Å². The Bertz CT molecular complexity index is 523. The van der Waals surface area contributed by atoms with Gasteiger partial charge in [0, 0.05) is 25.7 Å². The fourth-order valence-corrected chi connectivity index (χ4v) is 3.06. The molecule has 1 unspecified atom stereocenters. The Morgan fingerprint density at radius 2 is 2.33 bits per heavy atom. The van der Waals surface area contributed by atoms with Crippen LogP contribution in [0.2, 0.25) is 5.02 Å². The molecule has 0 saturated carbocycles. The summed E-state index contributed by atoms with van der Waals surface area (Å²) >= 11 is 6.31. The average Bonchev–Trinajstić information content (AvgIpc) is 2.93. The molecule has 1 aromatic heterocycles. The van der Waals surface area contributed by atoms with Crippen LogP contribution < -0.4 is 15.8 Å². The van der Waals surface area contributed by atoms with E-state index >= 15 is 0 Å². The van der Waals surface area contributed by atoms with E-state index in [0.717, 1.165) is 25.3 Å². The van der Waals surface area contributed by atoms with Gasteiger partial charge in [-0.2, -0.15) is 5.10 Å². The van der Waals surface area contributed by atoms with Crippen LogP contribution in [0.4, 0.5) is 5.69 Å². The van der Waals surface area contributed by atoms with Gasteiger partial charge in [0.2, 0.25) is 0 Å². The normalized spacial score (nSPS) is 18.4. The molecule has 1 aliphatic rings. The van der Waals surface area contributed by atoms with Crippen molar-refractivity contribution in [1.82, 2.24) is 15.1 Å². The second kappa shape index (κ2) is 7.27. The molecule has 118 valence electrons. The Balaban J connectivity index is 2.27. The summed E-state index contributed by atoms with van der Waals surface area (Å²) in [5.41, 5.74) is 0.554. The van der Waals surface area contributed by atoms with Crippen molar-refractivity contribution in [2.24, 2.45) is 5.92 Å². The number of nitrogens with zero attached hydrogens (tertiary/aromatic N) is 3. The lowest BCUT2D eigenvalue weighted by atomic mass is 10.1. The van der Waals surface area contributed by atoms with Gasteiger partial charge in [-0.3, -0.25) is 4.79 Å². The lowest BCUT2D eigenvalue weighted by molar-refractivity contribution is 0.537. The molecule has 2 rings (SSSR count). The van der Waals surface area contributed by atoms with Gasteiger partial charge < -0.3 is 10.2 Å². The first-order valence-corrected chi connectivity index (χ1v) is 8.14. The number of hydrogen-bond acceptors (Lipinski definition) is 4. The highest BCUT2D eigenvalue weighted by Crippen LogP contribution is 2.23. The maximum atomic E-state index is 12.2. The monoisotopic (exact) mass is 312 g/mol. The molecule has 1 aromatic rings. The van der Waals surface area contributed by atoms with Gasteiger partial charge in [-0.05, 0) is 32.2 Å². The van der Waals surface area contributed by atoms with E-state index in [0.29, 0.717) is 18.5 Å². The lowest BCUT2D eigenvalue weighted by Gasteiger charge is -2.29. The predicted molar refractivity (Wildman–Crippen MR) is 87.3 cm³/mol. The summed E-state index contributed by atoms with van der Waals surface area (Å²) in [7, 11) is 0. The minimum absolute atomic E-state index is 0.204. The van der Waals surface area contributed by atoms with Crippen molar-refractivity contribution < 1.29 is 0 Å². The van der Waals surface area contributed by atoms with Crippen molar-refractivity contribution in [3.05, 3.63) is 21.6 Å². The summed E-state index contributed by atoms with van der Waals surface area (Å²) in [5.74, 6) is 0.496. The van der Waals surface area contributed by atoms with E-state index in [1.54, 1.807) is 6.20 Å². The topological polar surface area (TPSA) is 50.2 Å². The SMILES string of the molecule is CCn1ncc(N(CC(C)C)CC2CCCN2)c(Cl)c1=O. The first-order valence-electron chi connectivity index (χ1n) is 7.76. The van der Waals surface area contributed by atoms with Crippen molar-refractivity contribution in [3.63, 3.8) is 0 Å². The lowest BCUT2D eigenvalue weighted by Crippen LogP contribution is -2.40. The molecular formula is C15H25ClN4O. The number of nitrogens with one attached hydrogen (secondary N) is 1. The Morgan fingerprint density at radius 3 is 2.90 bits per heavy atom. The minimum atomic E-state index is -0.204.